The molecule has 0 radical (unpaired) electrons. The maximum atomic E-state index is 12.4. The van der Waals surface area contributed by atoms with Gasteiger partial charge in [-0.15, -0.1) is 0 Å². The van der Waals surface area contributed by atoms with E-state index in [1.165, 1.54) is 0 Å². The lowest BCUT2D eigenvalue weighted by atomic mass is 10.1. The first-order chi connectivity index (χ1) is 12.7. The van der Waals surface area contributed by atoms with Gasteiger partial charge in [0.1, 0.15) is 17.9 Å². The molecule has 0 aliphatic heterocycles. The molecule has 0 unspecified atom stereocenters. The zero-order valence-corrected chi connectivity index (χ0v) is 13.9. The lowest BCUT2D eigenvalue weighted by molar-refractivity contribution is 0.306. The van der Waals surface area contributed by atoms with Crippen LogP contribution in [-0.2, 0) is 6.61 Å². The molecular weight excluding hydrogens is 328 g/mol. The van der Waals surface area contributed by atoms with Crippen molar-refractivity contribution >= 4 is 11.0 Å². The Bertz CT molecular complexity index is 1110. The van der Waals surface area contributed by atoms with E-state index in [9.17, 15) is 9.90 Å². The minimum absolute atomic E-state index is 0.138. The second-order valence-electron chi connectivity index (χ2n) is 5.91. The van der Waals surface area contributed by atoms with Gasteiger partial charge in [0, 0.05) is 5.56 Å². The average Bonchev–Trinajstić information content (AvgIpc) is 2.70. The summed E-state index contributed by atoms with van der Waals surface area (Å²) in [4.78, 5) is 12.4. The fraction of sp³-hybridized carbons (Fsp3) is 0.0455. The van der Waals surface area contributed by atoms with Gasteiger partial charge in [0.2, 0.25) is 11.2 Å². The number of hydrogen-bond donors (Lipinski definition) is 1. The first kappa shape index (κ1) is 16.0. The largest absolute Gasteiger partial charge is 0.502 e. The Labute approximate surface area is 149 Å². The fourth-order valence-electron chi connectivity index (χ4n) is 2.80. The summed E-state index contributed by atoms with van der Waals surface area (Å²) in [6.07, 6.45) is 0. The van der Waals surface area contributed by atoms with Crippen molar-refractivity contribution in [2.75, 3.05) is 0 Å². The van der Waals surface area contributed by atoms with Crippen LogP contribution in [0.1, 0.15) is 5.56 Å². The van der Waals surface area contributed by atoms with Crippen LogP contribution in [0.15, 0.2) is 88.1 Å². The normalized spacial score (nSPS) is 10.8. The average molecular weight is 344 g/mol. The predicted molar refractivity (Wildman–Crippen MR) is 100 cm³/mol. The molecule has 4 rings (SSSR count). The number of hydrogen-bond acceptors (Lipinski definition) is 4. The van der Waals surface area contributed by atoms with Crippen molar-refractivity contribution in [1.29, 1.82) is 0 Å². The van der Waals surface area contributed by atoms with Crippen molar-refractivity contribution < 1.29 is 14.3 Å². The smallest absolute Gasteiger partial charge is 0.235 e. The van der Waals surface area contributed by atoms with Crippen LogP contribution in [0.25, 0.3) is 22.3 Å². The molecule has 0 fully saturated rings. The van der Waals surface area contributed by atoms with Crippen LogP contribution in [-0.4, -0.2) is 5.11 Å². The molecule has 0 saturated carbocycles. The second-order valence-corrected chi connectivity index (χ2v) is 5.91. The van der Waals surface area contributed by atoms with Crippen molar-refractivity contribution in [3.63, 3.8) is 0 Å². The SMILES string of the molecule is O=c1c(O)c(-c2cccc(OCc3ccccc3)c2)oc2ccccc12. The first-order valence-corrected chi connectivity index (χ1v) is 8.24. The molecule has 0 bridgehead atoms. The fourth-order valence-corrected chi connectivity index (χ4v) is 2.80. The zero-order valence-electron chi connectivity index (χ0n) is 13.9. The Hall–Kier alpha value is -3.53. The standard InChI is InChI=1S/C22H16O4/c23-20-18-11-4-5-12-19(18)26-22(21(20)24)16-9-6-10-17(13-16)25-14-15-7-2-1-3-8-15/h1-13,24H,14H2. The van der Waals surface area contributed by atoms with Crippen LogP contribution in [0.3, 0.4) is 0 Å². The van der Waals surface area contributed by atoms with Crippen molar-refractivity contribution in [3.05, 3.63) is 94.6 Å². The summed E-state index contributed by atoms with van der Waals surface area (Å²) >= 11 is 0. The van der Waals surface area contributed by atoms with Gasteiger partial charge in [0.15, 0.2) is 5.76 Å². The Morgan fingerprint density at radius 3 is 2.50 bits per heavy atom. The molecule has 0 saturated heterocycles. The highest BCUT2D eigenvalue weighted by molar-refractivity contribution is 5.81. The molecule has 0 aliphatic rings. The quantitative estimate of drug-likeness (QED) is 0.581. The maximum Gasteiger partial charge on any atom is 0.235 e. The van der Waals surface area contributed by atoms with Crippen LogP contribution in [0.5, 0.6) is 11.5 Å². The number of ether oxygens (including phenoxy) is 1. The lowest BCUT2D eigenvalue weighted by Gasteiger charge is -2.09. The van der Waals surface area contributed by atoms with Crippen molar-refractivity contribution in [3.8, 4) is 22.8 Å². The highest BCUT2D eigenvalue weighted by Gasteiger charge is 2.15. The van der Waals surface area contributed by atoms with E-state index in [0.29, 0.717) is 28.9 Å². The van der Waals surface area contributed by atoms with Crippen LogP contribution >= 0.6 is 0 Å². The molecule has 0 atom stereocenters. The van der Waals surface area contributed by atoms with Crippen LogP contribution < -0.4 is 10.2 Å². The molecule has 128 valence electrons. The molecule has 0 aliphatic carbocycles. The topological polar surface area (TPSA) is 59.7 Å². The molecule has 0 amide bonds. The van der Waals surface area contributed by atoms with E-state index in [-0.39, 0.29) is 5.76 Å². The minimum Gasteiger partial charge on any atom is -0.502 e. The summed E-state index contributed by atoms with van der Waals surface area (Å²) in [5.41, 5.74) is 1.62. The Balaban J connectivity index is 1.69. The molecule has 1 N–H and O–H groups in total. The monoisotopic (exact) mass is 344 g/mol. The highest BCUT2D eigenvalue weighted by Crippen LogP contribution is 2.32. The van der Waals surface area contributed by atoms with Crippen molar-refractivity contribution in [1.82, 2.24) is 0 Å². The molecule has 1 heterocycles. The zero-order chi connectivity index (χ0) is 17.9. The molecule has 4 aromatic rings. The Morgan fingerprint density at radius 1 is 0.885 bits per heavy atom. The second kappa shape index (κ2) is 6.76. The third kappa shape index (κ3) is 3.05. The molecule has 0 spiro atoms. The van der Waals surface area contributed by atoms with Crippen LogP contribution in [0.4, 0.5) is 0 Å². The van der Waals surface area contributed by atoms with Crippen molar-refractivity contribution in [2.24, 2.45) is 0 Å². The third-order valence-electron chi connectivity index (χ3n) is 4.12. The van der Waals surface area contributed by atoms with Gasteiger partial charge in [-0.1, -0.05) is 54.6 Å². The van der Waals surface area contributed by atoms with E-state index in [1.54, 1.807) is 42.5 Å². The predicted octanol–water partition coefficient (Wildman–Crippen LogP) is 4.74. The lowest BCUT2D eigenvalue weighted by Crippen LogP contribution is -2.02. The van der Waals surface area contributed by atoms with Gasteiger partial charge in [-0.05, 0) is 29.8 Å². The summed E-state index contributed by atoms with van der Waals surface area (Å²) < 4.78 is 11.6. The Kier molecular flexibility index (Phi) is 4.15. The summed E-state index contributed by atoms with van der Waals surface area (Å²) in [5, 5.41) is 10.7. The van der Waals surface area contributed by atoms with Gasteiger partial charge < -0.3 is 14.3 Å². The van der Waals surface area contributed by atoms with Crippen molar-refractivity contribution in [2.45, 2.75) is 6.61 Å². The Morgan fingerprint density at radius 2 is 1.65 bits per heavy atom. The maximum absolute atomic E-state index is 12.4. The van der Waals surface area contributed by atoms with Gasteiger partial charge >= 0.3 is 0 Å². The summed E-state index contributed by atoms with van der Waals surface area (Å²) in [6, 6.07) is 23.8. The van der Waals surface area contributed by atoms with Gasteiger partial charge in [0.25, 0.3) is 0 Å². The van der Waals surface area contributed by atoms with E-state index in [4.69, 9.17) is 9.15 Å². The van der Waals surface area contributed by atoms with E-state index in [1.807, 2.05) is 36.4 Å². The van der Waals surface area contributed by atoms with Gasteiger partial charge in [-0.25, -0.2) is 0 Å². The number of rotatable bonds is 4. The van der Waals surface area contributed by atoms with E-state index < -0.39 is 11.2 Å². The number of aromatic hydroxyl groups is 1. The molecular formula is C22H16O4. The van der Waals surface area contributed by atoms with E-state index >= 15 is 0 Å². The first-order valence-electron chi connectivity index (χ1n) is 8.24. The van der Waals surface area contributed by atoms with Gasteiger partial charge in [0.05, 0.1) is 5.39 Å². The summed E-state index contributed by atoms with van der Waals surface area (Å²) in [6.45, 7) is 0.429. The van der Waals surface area contributed by atoms with Crippen LogP contribution in [0.2, 0.25) is 0 Å². The minimum atomic E-state index is -0.447. The van der Waals surface area contributed by atoms with E-state index in [0.717, 1.165) is 5.56 Å². The van der Waals surface area contributed by atoms with E-state index in [2.05, 4.69) is 0 Å². The summed E-state index contributed by atoms with van der Waals surface area (Å²) in [5.74, 6) is 0.365. The molecule has 4 nitrogen and oxygen atoms in total. The third-order valence-corrected chi connectivity index (χ3v) is 4.12. The number of para-hydroxylation sites is 1. The molecule has 1 aromatic heterocycles. The van der Waals surface area contributed by atoms with Gasteiger partial charge in [-0.3, -0.25) is 4.79 Å². The van der Waals surface area contributed by atoms with Crippen LogP contribution in [0, 0.1) is 0 Å². The molecule has 26 heavy (non-hydrogen) atoms. The molecule has 3 aromatic carbocycles. The highest BCUT2D eigenvalue weighted by atomic mass is 16.5. The number of benzene rings is 3. The molecule has 4 heteroatoms. The number of fused-ring (bicyclic) bond motifs is 1. The van der Waals surface area contributed by atoms with Gasteiger partial charge in [-0.2, -0.15) is 0 Å². The summed E-state index contributed by atoms with van der Waals surface area (Å²) in [7, 11) is 0.